The molecule has 0 radical (unpaired) electrons. The van der Waals surface area contributed by atoms with E-state index in [1.807, 2.05) is 22.7 Å². The van der Waals surface area contributed by atoms with Crippen LogP contribution in [0.4, 0.5) is 0 Å². The van der Waals surface area contributed by atoms with Crippen molar-refractivity contribution in [2.75, 3.05) is 0 Å². The minimum Gasteiger partial charge on any atom is -0.311 e. The normalized spacial score (nSPS) is 27.7. The highest BCUT2D eigenvalue weighted by Crippen LogP contribution is 2.41. The number of hydrogen-bond donors (Lipinski definition) is 1. The van der Waals surface area contributed by atoms with Gasteiger partial charge in [0.1, 0.15) is 5.01 Å². The van der Waals surface area contributed by atoms with Crippen molar-refractivity contribution < 1.29 is 0 Å². The van der Waals surface area contributed by atoms with Gasteiger partial charge in [0, 0.05) is 23.6 Å². The van der Waals surface area contributed by atoms with E-state index in [1.165, 1.54) is 24.3 Å². The SMILES string of the molecule is c1ccc(-c2nnc3sc(C4CC5CCC4N5)nn23)cc1. The van der Waals surface area contributed by atoms with E-state index in [4.69, 9.17) is 5.10 Å². The number of nitrogens with one attached hydrogen (secondary N) is 1. The summed E-state index contributed by atoms with van der Waals surface area (Å²) in [7, 11) is 0. The smallest absolute Gasteiger partial charge is 0.234 e. The second kappa shape index (κ2) is 4.35. The summed E-state index contributed by atoms with van der Waals surface area (Å²) in [6, 6.07) is 11.5. The van der Waals surface area contributed by atoms with E-state index in [1.54, 1.807) is 11.3 Å². The van der Waals surface area contributed by atoms with Gasteiger partial charge in [-0.25, -0.2) is 0 Å². The highest BCUT2D eigenvalue weighted by Gasteiger charge is 2.41. The summed E-state index contributed by atoms with van der Waals surface area (Å²) in [5.74, 6) is 1.39. The van der Waals surface area contributed by atoms with Crippen LogP contribution in [0.25, 0.3) is 16.3 Å². The van der Waals surface area contributed by atoms with E-state index in [0.717, 1.165) is 16.3 Å². The molecule has 106 valence electrons. The Hall–Kier alpha value is -1.79. The molecule has 21 heavy (non-hydrogen) atoms. The Morgan fingerprint density at radius 1 is 1.14 bits per heavy atom. The van der Waals surface area contributed by atoms with E-state index in [2.05, 4.69) is 27.6 Å². The fourth-order valence-electron chi connectivity index (χ4n) is 3.65. The van der Waals surface area contributed by atoms with Gasteiger partial charge in [0.2, 0.25) is 4.96 Å². The topological polar surface area (TPSA) is 55.1 Å². The number of fused-ring (bicyclic) bond motifs is 3. The van der Waals surface area contributed by atoms with Crippen molar-refractivity contribution in [2.24, 2.45) is 0 Å². The quantitative estimate of drug-likeness (QED) is 0.789. The van der Waals surface area contributed by atoms with Gasteiger partial charge in [0.05, 0.1) is 0 Å². The molecule has 1 aromatic carbocycles. The van der Waals surface area contributed by atoms with Crippen LogP contribution >= 0.6 is 11.3 Å². The molecule has 6 heteroatoms. The molecule has 0 saturated carbocycles. The maximum Gasteiger partial charge on any atom is 0.234 e. The molecule has 4 heterocycles. The van der Waals surface area contributed by atoms with Crippen LogP contribution in [0.2, 0.25) is 0 Å². The Bertz CT molecular complexity index is 793. The van der Waals surface area contributed by atoms with Gasteiger partial charge in [-0.1, -0.05) is 41.7 Å². The summed E-state index contributed by atoms with van der Waals surface area (Å²) < 4.78 is 1.90. The van der Waals surface area contributed by atoms with Gasteiger partial charge in [-0.2, -0.15) is 9.61 Å². The first-order valence-corrected chi connectivity index (χ1v) is 8.24. The van der Waals surface area contributed by atoms with Crippen LogP contribution in [0, 0.1) is 0 Å². The molecule has 0 aliphatic carbocycles. The van der Waals surface area contributed by atoms with Gasteiger partial charge >= 0.3 is 0 Å². The van der Waals surface area contributed by atoms with Crippen molar-refractivity contribution >= 4 is 16.3 Å². The number of rotatable bonds is 2. The third-order valence-electron chi connectivity index (χ3n) is 4.66. The number of hydrogen-bond acceptors (Lipinski definition) is 5. The zero-order valence-electron chi connectivity index (χ0n) is 11.4. The van der Waals surface area contributed by atoms with Gasteiger partial charge in [-0.05, 0) is 19.3 Å². The number of benzene rings is 1. The standard InChI is InChI=1S/C15H15N5S/c1-2-4-9(5-3-1)13-17-18-15-20(13)19-14(21-15)11-8-10-6-7-12(11)16-10/h1-5,10-12,16H,6-8H2. The average Bonchev–Trinajstić information content (AvgIpc) is 3.27. The minimum absolute atomic E-state index is 0.555. The van der Waals surface area contributed by atoms with Crippen molar-refractivity contribution in [1.82, 2.24) is 25.1 Å². The second-order valence-corrected chi connectivity index (χ2v) is 6.90. The van der Waals surface area contributed by atoms with Crippen LogP contribution in [0.5, 0.6) is 0 Å². The fourth-order valence-corrected chi connectivity index (χ4v) is 4.66. The highest BCUT2D eigenvalue weighted by atomic mass is 32.1. The van der Waals surface area contributed by atoms with Gasteiger partial charge in [0.25, 0.3) is 0 Å². The molecule has 0 amide bonds. The summed E-state index contributed by atoms with van der Waals surface area (Å²) in [6.45, 7) is 0. The lowest BCUT2D eigenvalue weighted by atomic mass is 9.90. The van der Waals surface area contributed by atoms with Crippen LogP contribution < -0.4 is 5.32 Å². The monoisotopic (exact) mass is 297 g/mol. The van der Waals surface area contributed by atoms with Crippen LogP contribution in [0.3, 0.4) is 0 Å². The lowest BCUT2D eigenvalue weighted by molar-refractivity contribution is 0.500. The van der Waals surface area contributed by atoms with Crippen LogP contribution in [-0.4, -0.2) is 31.9 Å². The zero-order valence-corrected chi connectivity index (χ0v) is 12.3. The lowest BCUT2D eigenvalue weighted by Crippen LogP contribution is -2.21. The van der Waals surface area contributed by atoms with Gasteiger partial charge in [-0.3, -0.25) is 0 Å². The van der Waals surface area contributed by atoms with E-state index in [-0.39, 0.29) is 0 Å². The summed E-state index contributed by atoms with van der Waals surface area (Å²) >= 11 is 1.69. The predicted molar refractivity (Wildman–Crippen MR) is 81.4 cm³/mol. The van der Waals surface area contributed by atoms with Crippen LogP contribution in [-0.2, 0) is 0 Å². The molecule has 2 aromatic heterocycles. The van der Waals surface area contributed by atoms with Crippen molar-refractivity contribution in [2.45, 2.75) is 37.3 Å². The van der Waals surface area contributed by atoms with Gasteiger partial charge in [0.15, 0.2) is 5.82 Å². The van der Waals surface area contributed by atoms with Crippen molar-refractivity contribution in [3.05, 3.63) is 35.3 Å². The predicted octanol–water partition coefficient (Wildman–Crippen LogP) is 2.46. The molecule has 2 bridgehead atoms. The second-order valence-electron chi connectivity index (χ2n) is 5.91. The Labute approximate surface area is 126 Å². The Kier molecular flexibility index (Phi) is 2.45. The maximum absolute atomic E-state index is 4.82. The summed E-state index contributed by atoms with van der Waals surface area (Å²) in [6.07, 6.45) is 3.82. The van der Waals surface area contributed by atoms with E-state index in [0.29, 0.717) is 18.0 Å². The van der Waals surface area contributed by atoms with Crippen molar-refractivity contribution in [3.63, 3.8) is 0 Å². The zero-order chi connectivity index (χ0) is 13.8. The fraction of sp³-hybridized carbons (Fsp3) is 0.400. The van der Waals surface area contributed by atoms with E-state index < -0.39 is 0 Å². The summed E-state index contributed by atoms with van der Waals surface area (Å²) in [4.78, 5) is 0.895. The molecule has 2 saturated heterocycles. The van der Waals surface area contributed by atoms with Gasteiger partial charge < -0.3 is 5.32 Å². The Morgan fingerprint density at radius 3 is 2.81 bits per heavy atom. The molecule has 3 atom stereocenters. The molecule has 2 aliphatic rings. The third-order valence-corrected chi connectivity index (χ3v) is 5.69. The molecule has 0 spiro atoms. The van der Waals surface area contributed by atoms with Crippen molar-refractivity contribution in [3.8, 4) is 11.4 Å². The first kappa shape index (κ1) is 11.8. The number of aromatic nitrogens is 4. The maximum atomic E-state index is 4.82. The average molecular weight is 297 g/mol. The Balaban J connectivity index is 1.58. The number of nitrogens with zero attached hydrogens (tertiary/aromatic N) is 4. The van der Waals surface area contributed by atoms with E-state index >= 15 is 0 Å². The minimum atomic E-state index is 0.555. The summed E-state index contributed by atoms with van der Waals surface area (Å²) in [5, 5.41) is 18.3. The first-order chi connectivity index (χ1) is 10.4. The molecule has 5 nitrogen and oxygen atoms in total. The molecule has 2 fully saturated rings. The Morgan fingerprint density at radius 2 is 2.05 bits per heavy atom. The molecular formula is C15H15N5S. The molecular weight excluding hydrogens is 282 g/mol. The first-order valence-electron chi connectivity index (χ1n) is 7.42. The summed E-state index contributed by atoms with van der Waals surface area (Å²) in [5.41, 5.74) is 1.06. The molecule has 3 unspecified atom stereocenters. The van der Waals surface area contributed by atoms with Crippen LogP contribution in [0.15, 0.2) is 30.3 Å². The van der Waals surface area contributed by atoms with Crippen molar-refractivity contribution in [1.29, 1.82) is 0 Å². The lowest BCUT2D eigenvalue weighted by Gasteiger charge is -2.16. The van der Waals surface area contributed by atoms with Crippen LogP contribution in [0.1, 0.15) is 30.2 Å². The largest absolute Gasteiger partial charge is 0.311 e. The van der Waals surface area contributed by atoms with E-state index in [9.17, 15) is 0 Å². The van der Waals surface area contributed by atoms with Gasteiger partial charge in [-0.15, -0.1) is 10.2 Å². The molecule has 5 rings (SSSR count). The molecule has 3 aromatic rings. The molecule has 2 aliphatic heterocycles. The third kappa shape index (κ3) is 1.76. The highest BCUT2D eigenvalue weighted by molar-refractivity contribution is 7.16. The molecule has 1 N–H and O–H groups in total.